The predicted molar refractivity (Wildman–Crippen MR) is 75.5 cm³/mol. The Morgan fingerprint density at radius 3 is 2.85 bits per heavy atom. The third-order valence-corrected chi connectivity index (χ3v) is 3.14. The van der Waals surface area contributed by atoms with E-state index in [2.05, 4.69) is 15.6 Å². The molecule has 20 heavy (non-hydrogen) atoms. The van der Waals surface area contributed by atoms with Gasteiger partial charge in [-0.25, -0.2) is 0 Å². The number of oxime groups is 1. The van der Waals surface area contributed by atoms with Gasteiger partial charge in [-0.05, 0) is 25.5 Å². The van der Waals surface area contributed by atoms with Gasteiger partial charge in [-0.1, -0.05) is 28.5 Å². The summed E-state index contributed by atoms with van der Waals surface area (Å²) >= 11 is 0. The summed E-state index contributed by atoms with van der Waals surface area (Å²) in [5.74, 6) is 0.943. The first-order valence-corrected chi connectivity index (χ1v) is 6.31. The Hall–Kier alpha value is -2.34. The van der Waals surface area contributed by atoms with Gasteiger partial charge in [-0.15, -0.1) is 0 Å². The quantitative estimate of drug-likeness (QED) is 0.333. The highest BCUT2D eigenvalue weighted by Gasteiger charge is 2.08. The second kappa shape index (κ2) is 6.21. The number of aryl methyl sites for hydroxylation is 2. The van der Waals surface area contributed by atoms with Crippen LogP contribution in [0.3, 0.4) is 0 Å². The molecule has 0 aliphatic heterocycles. The van der Waals surface area contributed by atoms with Gasteiger partial charge in [-0.3, -0.25) is 0 Å². The Labute approximate surface area is 117 Å². The summed E-state index contributed by atoms with van der Waals surface area (Å²) in [5.41, 5.74) is 9.31. The van der Waals surface area contributed by atoms with E-state index in [1.165, 1.54) is 0 Å². The van der Waals surface area contributed by atoms with Gasteiger partial charge in [0.1, 0.15) is 5.76 Å². The normalized spacial score (nSPS) is 11.8. The van der Waals surface area contributed by atoms with Crippen molar-refractivity contribution in [2.75, 3.05) is 0 Å². The lowest BCUT2D eigenvalue weighted by molar-refractivity contribution is 0.318. The van der Waals surface area contributed by atoms with Crippen LogP contribution in [0.25, 0.3) is 0 Å². The van der Waals surface area contributed by atoms with E-state index >= 15 is 0 Å². The summed E-state index contributed by atoms with van der Waals surface area (Å²) in [6.45, 7) is 5.19. The Bertz CT molecular complexity index is 600. The summed E-state index contributed by atoms with van der Waals surface area (Å²) < 4.78 is 5.11. The van der Waals surface area contributed by atoms with Crippen molar-refractivity contribution in [3.8, 4) is 0 Å². The zero-order valence-corrected chi connectivity index (χ0v) is 11.6. The molecule has 1 aromatic heterocycles. The van der Waals surface area contributed by atoms with Crippen LogP contribution in [0.15, 0.2) is 33.9 Å². The Balaban J connectivity index is 1.98. The minimum atomic E-state index is 0.109. The zero-order chi connectivity index (χ0) is 14.5. The number of amidine groups is 1. The minimum absolute atomic E-state index is 0.109. The first-order chi connectivity index (χ1) is 9.61. The number of nitrogens with one attached hydrogen (secondary N) is 1. The lowest BCUT2D eigenvalue weighted by Crippen LogP contribution is -2.16. The van der Waals surface area contributed by atoms with Gasteiger partial charge in [0.05, 0.1) is 5.69 Å². The van der Waals surface area contributed by atoms with Crippen LogP contribution in [0.1, 0.15) is 28.1 Å². The topological polar surface area (TPSA) is 96.7 Å². The number of hydrogen-bond donors (Lipinski definition) is 3. The van der Waals surface area contributed by atoms with Crippen molar-refractivity contribution in [2.45, 2.75) is 26.9 Å². The molecule has 0 aliphatic carbocycles. The van der Waals surface area contributed by atoms with Gasteiger partial charge in [0.2, 0.25) is 0 Å². The van der Waals surface area contributed by atoms with Gasteiger partial charge >= 0.3 is 0 Å². The minimum Gasteiger partial charge on any atom is -0.409 e. The molecule has 4 N–H and O–H groups in total. The number of benzene rings is 1. The predicted octanol–water partition coefficient (Wildman–Crippen LogP) is 1.68. The Morgan fingerprint density at radius 1 is 1.40 bits per heavy atom. The summed E-state index contributed by atoms with van der Waals surface area (Å²) in [5, 5.41) is 18.9. The van der Waals surface area contributed by atoms with Crippen molar-refractivity contribution in [3.05, 3.63) is 52.4 Å². The fraction of sp³-hybridized carbons (Fsp3) is 0.286. The largest absolute Gasteiger partial charge is 0.409 e. The van der Waals surface area contributed by atoms with Crippen LogP contribution in [0.5, 0.6) is 0 Å². The van der Waals surface area contributed by atoms with Crippen LogP contribution in [0.4, 0.5) is 0 Å². The first kappa shape index (κ1) is 14.1. The van der Waals surface area contributed by atoms with Crippen LogP contribution < -0.4 is 11.1 Å². The average Bonchev–Trinajstić information content (AvgIpc) is 2.78. The number of hydrogen-bond acceptors (Lipinski definition) is 5. The lowest BCUT2D eigenvalue weighted by atomic mass is 10.1. The first-order valence-electron chi connectivity index (χ1n) is 6.31. The number of nitrogens with two attached hydrogens (primary N) is 1. The van der Waals surface area contributed by atoms with Gasteiger partial charge in [0, 0.05) is 24.2 Å². The molecular weight excluding hydrogens is 256 g/mol. The molecule has 0 saturated carbocycles. The van der Waals surface area contributed by atoms with Gasteiger partial charge in [-0.2, -0.15) is 0 Å². The molecule has 0 saturated heterocycles. The second-order valence-corrected chi connectivity index (χ2v) is 4.59. The molecule has 0 radical (unpaired) electrons. The molecule has 0 amide bonds. The highest BCUT2D eigenvalue weighted by molar-refractivity contribution is 5.97. The van der Waals surface area contributed by atoms with E-state index in [0.717, 1.165) is 22.6 Å². The lowest BCUT2D eigenvalue weighted by Gasteiger charge is -2.06. The maximum absolute atomic E-state index is 8.67. The van der Waals surface area contributed by atoms with E-state index in [0.29, 0.717) is 18.7 Å². The smallest absolute Gasteiger partial charge is 0.170 e. The van der Waals surface area contributed by atoms with Gasteiger partial charge < -0.3 is 20.8 Å². The van der Waals surface area contributed by atoms with Crippen LogP contribution in [0.2, 0.25) is 0 Å². The highest BCUT2D eigenvalue weighted by atomic mass is 16.5. The number of aromatic nitrogens is 1. The second-order valence-electron chi connectivity index (χ2n) is 4.59. The fourth-order valence-electron chi connectivity index (χ4n) is 1.98. The molecule has 0 fully saturated rings. The Kier molecular flexibility index (Phi) is 4.37. The van der Waals surface area contributed by atoms with E-state index < -0.39 is 0 Å². The monoisotopic (exact) mass is 274 g/mol. The maximum Gasteiger partial charge on any atom is 0.170 e. The van der Waals surface area contributed by atoms with Crippen LogP contribution >= 0.6 is 0 Å². The van der Waals surface area contributed by atoms with Crippen molar-refractivity contribution in [2.24, 2.45) is 10.9 Å². The van der Waals surface area contributed by atoms with Crippen molar-refractivity contribution < 1.29 is 9.73 Å². The molecule has 1 heterocycles. The molecule has 1 aromatic carbocycles. The third kappa shape index (κ3) is 3.16. The zero-order valence-electron chi connectivity index (χ0n) is 11.6. The maximum atomic E-state index is 8.67. The van der Waals surface area contributed by atoms with E-state index in [1.807, 2.05) is 32.0 Å². The van der Waals surface area contributed by atoms with Crippen LogP contribution in [-0.2, 0) is 13.1 Å². The molecule has 6 nitrogen and oxygen atoms in total. The number of nitrogens with zero attached hydrogens (tertiary/aromatic N) is 2. The molecule has 0 unspecified atom stereocenters. The average molecular weight is 274 g/mol. The summed E-state index contributed by atoms with van der Waals surface area (Å²) in [4.78, 5) is 0. The summed E-state index contributed by atoms with van der Waals surface area (Å²) in [6.07, 6.45) is 0. The SMILES string of the molecule is Cc1noc(C)c1CNCc1cccc(C(N)=NO)c1. The van der Waals surface area contributed by atoms with Crippen molar-refractivity contribution >= 4 is 5.84 Å². The van der Waals surface area contributed by atoms with E-state index in [9.17, 15) is 0 Å². The molecular formula is C14H18N4O2. The van der Waals surface area contributed by atoms with E-state index in [1.54, 1.807) is 6.07 Å². The van der Waals surface area contributed by atoms with Crippen LogP contribution in [0, 0.1) is 13.8 Å². The van der Waals surface area contributed by atoms with E-state index in [-0.39, 0.29) is 5.84 Å². The summed E-state index contributed by atoms with van der Waals surface area (Å²) in [6, 6.07) is 7.54. The van der Waals surface area contributed by atoms with Gasteiger partial charge in [0.15, 0.2) is 5.84 Å². The molecule has 2 aromatic rings. The molecule has 0 aliphatic rings. The molecule has 0 atom stereocenters. The van der Waals surface area contributed by atoms with Crippen LogP contribution in [-0.4, -0.2) is 16.2 Å². The molecule has 0 spiro atoms. The number of rotatable bonds is 5. The molecule has 106 valence electrons. The molecule has 0 bridgehead atoms. The molecule has 6 heteroatoms. The van der Waals surface area contributed by atoms with Gasteiger partial charge in [0.25, 0.3) is 0 Å². The third-order valence-electron chi connectivity index (χ3n) is 3.14. The van der Waals surface area contributed by atoms with E-state index in [4.69, 9.17) is 15.5 Å². The van der Waals surface area contributed by atoms with Crippen molar-refractivity contribution in [1.29, 1.82) is 0 Å². The fourth-order valence-corrected chi connectivity index (χ4v) is 1.98. The van der Waals surface area contributed by atoms with Crippen molar-refractivity contribution in [1.82, 2.24) is 10.5 Å². The standard InChI is InChI=1S/C14H18N4O2/c1-9-13(10(2)20-18-9)8-16-7-11-4-3-5-12(6-11)14(15)17-19/h3-6,16,19H,7-8H2,1-2H3,(H2,15,17). The molecule has 2 rings (SSSR count). The Morgan fingerprint density at radius 2 is 2.20 bits per heavy atom. The van der Waals surface area contributed by atoms with Crippen molar-refractivity contribution in [3.63, 3.8) is 0 Å². The highest BCUT2D eigenvalue weighted by Crippen LogP contribution is 2.12. The summed E-state index contributed by atoms with van der Waals surface area (Å²) in [7, 11) is 0.